The lowest BCUT2D eigenvalue weighted by atomic mass is 10.3. The molecule has 0 aliphatic carbocycles. The van der Waals surface area contributed by atoms with Crippen LogP contribution < -0.4 is 10.1 Å². The van der Waals surface area contributed by atoms with Crippen molar-refractivity contribution < 1.29 is 14.6 Å². The zero-order chi connectivity index (χ0) is 15.7. The van der Waals surface area contributed by atoms with Gasteiger partial charge in [0.2, 0.25) is 5.91 Å². The average Bonchev–Trinajstić information content (AvgIpc) is 2.44. The topological polar surface area (TPSA) is 61.8 Å². The molecule has 0 aliphatic heterocycles. The number of benzene rings is 1. The van der Waals surface area contributed by atoms with Gasteiger partial charge >= 0.3 is 0 Å². The van der Waals surface area contributed by atoms with E-state index in [-0.39, 0.29) is 25.1 Å². The van der Waals surface area contributed by atoms with E-state index in [9.17, 15) is 9.90 Å². The summed E-state index contributed by atoms with van der Waals surface area (Å²) in [7, 11) is 0. The summed E-state index contributed by atoms with van der Waals surface area (Å²) < 4.78 is 5.51. The van der Waals surface area contributed by atoms with Crippen molar-refractivity contribution in [2.45, 2.75) is 32.9 Å². The van der Waals surface area contributed by atoms with E-state index in [0.29, 0.717) is 13.1 Å². The molecular weight excluding hydrogens is 268 g/mol. The predicted molar refractivity (Wildman–Crippen MR) is 83.3 cm³/mol. The van der Waals surface area contributed by atoms with E-state index in [0.717, 1.165) is 5.75 Å². The predicted octanol–water partition coefficient (Wildman–Crippen LogP) is 1.27. The van der Waals surface area contributed by atoms with Crippen molar-refractivity contribution in [1.29, 1.82) is 0 Å². The van der Waals surface area contributed by atoms with E-state index >= 15 is 0 Å². The van der Waals surface area contributed by atoms with Gasteiger partial charge < -0.3 is 15.2 Å². The van der Waals surface area contributed by atoms with Gasteiger partial charge in [-0.2, -0.15) is 0 Å². The summed E-state index contributed by atoms with van der Waals surface area (Å²) in [6, 6.07) is 9.51. The minimum atomic E-state index is -0.628. The van der Waals surface area contributed by atoms with Gasteiger partial charge in [-0.05, 0) is 32.5 Å². The van der Waals surface area contributed by atoms with Gasteiger partial charge in [0.1, 0.15) is 18.5 Å². The van der Waals surface area contributed by atoms with Crippen molar-refractivity contribution in [2.24, 2.45) is 0 Å². The van der Waals surface area contributed by atoms with Crippen LogP contribution >= 0.6 is 0 Å². The van der Waals surface area contributed by atoms with Crippen LogP contribution in [0.1, 0.15) is 20.8 Å². The molecule has 0 heterocycles. The highest BCUT2D eigenvalue weighted by Gasteiger charge is 2.14. The van der Waals surface area contributed by atoms with Crippen LogP contribution in [-0.4, -0.2) is 54.3 Å². The number of carbonyl (C=O) groups is 1. The molecule has 5 heteroatoms. The number of likely N-dealkylation sites (N-methyl/N-ethyl adjacent to an activating group) is 1. The summed E-state index contributed by atoms with van der Waals surface area (Å²) in [5, 5.41) is 12.9. The third-order valence-electron chi connectivity index (χ3n) is 2.92. The Balaban J connectivity index is 2.33. The Labute approximate surface area is 126 Å². The normalized spacial score (nSPS) is 12.5. The van der Waals surface area contributed by atoms with Gasteiger partial charge in [-0.3, -0.25) is 9.69 Å². The van der Waals surface area contributed by atoms with E-state index < -0.39 is 6.10 Å². The number of hydrogen-bond acceptors (Lipinski definition) is 4. The molecule has 0 fully saturated rings. The molecule has 1 amide bonds. The van der Waals surface area contributed by atoms with Crippen LogP contribution in [0, 0.1) is 0 Å². The lowest BCUT2D eigenvalue weighted by Gasteiger charge is -2.23. The number of nitrogens with zero attached hydrogens (tertiary/aromatic N) is 1. The van der Waals surface area contributed by atoms with Gasteiger partial charge in [0, 0.05) is 12.6 Å². The largest absolute Gasteiger partial charge is 0.491 e. The first-order valence-corrected chi connectivity index (χ1v) is 7.39. The number of amides is 1. The SMILES string of the molecule is CCN(CC(=O)NC(C)C)CC(O)COc1ccccc1. The molecule has 1 aromatic carbocycles. The highest BCUT2D eigenvalue weighted by molar-refractivity contribution is 5.78. The number of nitrogens with one attached hydrogen (secondary N) is 1. The smallest absolute Gasteiger partial charge is 0.234 e. The minimum Gasteiger partial charge on any atom is -0.491 e. The van der Waals surface area contributed by atoms with Crippen LogP contribution in [0.25, 0.3) is 0 Å². The first kappa shape index (κ1) is 17.5. The number of para-hydroxylation sites is 1. The summed E-state index contributed by atoms with van der Waals surface area (Å²) in [6.45, 7) is 7.44. The summed E-state index contributed by atoms with van der Waals surface area (Å²) in [5.41, 5.74) is 0. The minimum absolute atomic E-state index is 0.0250. The Bertz CT molecular complexity index is 409. The van der Waals surface area contributed by atoms with Gasteiger partial charge in [0.15, 0.2) is 0 Å². The van der Waals surface area contributed by atoms with Crippen LogP contribution in [0.5, 0.6) is 5.75 Å². The highest BCUT2D eigenvalue weighted by atomic mass is 16.5. The van der Waals surface area contributed by atoms with Crippen LogP contribution in [-0.2, 0) is 4.79 Å². The van der Waals surface area contributed by atoms with E-state index in [2.05, 4.69) is 5.32 Å². The molecule has 1 atom stereocenters. The van der Waals surface area contributed by atoms with Gasteiger partial charge in [0.05, 0.1) is 6.54 Å². The fraction of sp³-hybridized carbons (Fsp3) is 0.562. The average molecular weight is 294 g/mol. The quantitative estimate of drug-likeness (QED) is 0.720. The molecule has 5 nitrogen and oxygen atoms in total. The van der Waals surface area contributed by atoms with Crippen molar-refractivity contribution >= 4 is 5.91 Å². The molecule has 2 N–H and O–H groups in total. The molecule has 1 rings (SSSR count). The second-order valence-corrected chi connectivity index (χ2v) is 5.33. The summed E-state index contributed by atoms with van der Waals surface area (Å²) in [6.07, 6.45) is -0.628. The summed E-state index contributed by atoms with van der Waals surface area (Å²) in [5.74, 6) is 0.708. The number of carbonyl (C=O) groups excluding carboxylic acids is 1. The molecule has 1 aromatic rings. The molecule has 0 aromatic heterocycles. The maximum Gasteiger partial charge on any atom is 0.234 e. The Hall–Kier alpha value is -1.59. The third kappa shape index (κ3) is 7.68. The fourth-order valence-electron chi connectivity index (χ4n) is 1.94. The van der Waals surface area contributed by atoms with Crippen LogP contribution in [0.2, 0.25) is 0 Å². The summed E-state index contributed by atoms with van der Waals surface area (Å²) >= 11 is 0. The van der Waals surface area contributed by atoms with E-state index in [1.807, 2.05) is 56.0 Å². The number of ether oxygens (including phenoxy) is 1. The number of aliphatic hydroxyl groups is 1. The van der Waals surface area contributed by atoms with Gasteiger partial charge in [-0.1, -0.05) is 25.1 Å². The van der Waals surface area contributed by atoms with E-state index in [1.165, 1.54) is 0 Å². The Morgan fingerprint density at radius 2 is 2.00 bits per heavy atom. The van der Waals surface area contributed by atoms with Gasteiger partial charge in [0.25, 0.3) is 0 Å². The van der Waals surface area contributed by atoms with Crippen LogP contribution in [0.4, 0.5) is 0 Å². The first-order chi connectivity index (χ1) is 10.0. The standard InChI is InChI=1S/C16H26N2O3/c1-4-18(11-16(20)17-13(2)3)10-14(19)12-21-15-8-6-5-7-9-15/h5-9,13-14,19H,4,10-12H2,1-3H3,(H,17,20). The molecule has 0 saturated heterocycles. The van der Waals surface area contributed by atoms with Crippen molar-refractivity contribution in [1.82, 2.24) is 10.2 Å². The molecule has 21 heavy (non-hydrogen) atoms. The van der Waals surface area contributed by atoms with Crippen LogP contribution in [0.3, 0.4) is 0 Å². The number of rotatable bonds is 9. The molecule has 1 unspecified atom stereocenters. The lowest BCUT2D eigenvalue weighted by Crippen LogP contribution is -2.43. The molecular formula is C16H26N2O3. The third-order valence-corrected chi connectivity index (χ3v) is 2.92. The molecule has 0 radical (unpaired) electrons. The summed E-state index contributed by atoms with van der Waals surface area (Å²) in [4.78, 5) is 13.6. The van der Waals surface area contributed by atoms with E-state index in [1.54, 1.807) is 0 Å². The maximum atomic E-state index is 11.7. The maximum absolute atomic E-state index is 11.7. The monoisotopic (exact) mass is 294 g/mol. The van der Waals surface area contributed by atoms with Gasteiger partial charge in [-0.15, -0.1) is 0 Å². The van der Waals surface area contributed by atoms with Crippen LogP contribution in [0.15, 0.2) is 30.3 Å². The molecule has 0 spiro atoms. The van der Waals surface area contributed by atoms with Crippen molar-refractivity contribution in [3.8, 4) is 5.75 Å². The zero-order valence-corrected chi connectivity index (χ0v) is 13.1. The van der Waals surface area contributed by atoms with Crippen molar-refractivity contribution in [3.63, 3.8) is 0 Å². The van der Waals surface area contributed by atoms with E-state index in [4.69, 9.17) is 4.74 Å². The number of hydrogen-bond donors (Lipinski definition) is 2. The molecule has 0 saturated carbocycles. The molecule has 0 aliphatic rings. The second-order valence-electron chi connectivity index (χ2n) is 5.33. The Morgan fingerprint density at radius 1 is 1.33 bits per heavy atom. The second kappa shape index (κ2) is 9.37. The Kier molecular flexibility index (Phi) is 7.79. The van der Waals surface area contributed by atoms with Gasteiger partial charge in [-0.25, -0.2) is 0 Å². The molecule has 0 bridgehead atoms. The lowest BCUT2D eigenvalue weighted by molar-refractivity contribution is -0.123. The fourth-order valence-corrected chi connectivity index (χ4v) is 1.94. The zero-order valence-electron chi connectivity index (χ0n) is 13.1. The number of aliphatic hydroxyl groups excluding tert-OH is 1. The molecule has 118 valence electrons. The highest BCUT2D eigenvalue weighted by Crippen LogP contribution is 2.08. The first-order valence-electron chi connectivity index (χ1n) is 7.39. The van der Waals surface area contributed by atoms with Crippen molar-refractivity contribution in [2.75, 3.05) is 26.2 Å². The van der Waals surface area contributed by atoms with Crippen molar-refractivity contribution in [3.05, 3.63) is 30.3 Å². The Morgan fingerprint density at radius 3 is 2.57 bits per heavy atom.